The first kappa shape index (κ1) is 18.0. The van der Waals surface area contributed by atoms with Gasteiger partial charge in [0.15, 0.2) is 0 Å². The molecule has 1 atom stereocenters. The Morgan fingerprint density at radius 1 is 0.630 bits per heavy atom. The molecule has 27 heavy (non-hydrogen) atoms. The molecule has 0 radical (unpaired) electrons. The normalized spacial score (nSPS) is 18.0. The quantitative estimate of drug-likeness (QED) is 0.625. The van der Waals surface area contributed by atoms with Crippen molar-refractivity contribution >= 4 is 0 Å². The van der Waals surface area contributed by atoms with Crippen LogP contribution in [0.25, 0.3) is 0 Å². The summed E-state index contributed by atoms with van der Waals surface area (Å²) in [6.07, 6.45) is 5.26. The summed E-state index contributed by atoms with van der Waals surface area (Å²) in [5.74, 6) is 0. The zero-order chi connectivity index (χ0) is 18.4. The molecule has 138 valence electrons. The number of benzene rings is 3. The Kier molecular flexibility index (Phi) is 5.66. The van der Waals surface area contributed by atoms with Gasteiger partial charge in [0.25, 0.3) is 0 Å². The minimum absolute atomic E-state index is 0.285. The average molecular weight is 357 g/mol. The maximum Gasteiger partial charge on any atom is 0.0959 e. The summed E-state index contributed by atoms with van der Waals surface area (Å²) in [6.45, 7) is 1.08. The Bertz CT molecular complexity index is 710. The van der Waals surface area contributed by atoms with E-state index in [1.165, 1.54) is 36.0 Å². The molecule has 1 aliphatic heterocycles. The highest BCUT2D eigenvalue weighted by Crippen LogP contribution is 2.37. The van der Waals surface area contributed by atoms with E-state index in [2.05, 4.69) is 102 Å². The van der Waals surface area contributed by atoms with Gasteiger partial charge >= 0.3 is 0 Å². The van der Waals surface area contributed by atoms with Crippen LogP contribution in [0.15, 0.2) is 91.0 Å². The molecule has 1 saturated heterocycles. The predicted molar refractivity (Wildman–Crippen MR) is 113 cm³/mol. The van der Waals surface area contributed by atoms with E-state index in [1.54, 1.807) is 0 Å². The number of nitrogens with one attached hydrogen (secondary N) is 2. The molecule has 2 N–H and O–H groups in total. The molecule has 1 fully saturated rings. The molecule has 2 nitrogen and oxygen atoms in total. The van der Waals surface area contributed by atoms with E-state index in [0.29, 0.717) is 0 Å². The monoisotopic (exact) mass is 356 g/mol. The van der Waals surface area contributed by atoms with E-state index in [4.69, 9.17) is 0 Å². The van der Waals surface area contributed by atoms with Gasteiger partial charge in [0.1, 0.15) is 0 Å². The topological polar surface area (TPSA) is 24.1 Å². The van der Waals surface area contributed by atoms with Crippen LogP contribution in [0, 0.1) is 0 Å². The maximum absolute atomic E-state index is 4.05. The molecule has 0 saturated carbocycles. The fourth-order valence-electron chi connectivity index (χ4n) is 4.23. The van der Waals surface area contributed by atoms with Crippen LogP contribution >= 0.6 is 0 Å². The van der Waals surface area contributed by atoms with E-state index in [0.717, 1.165) is 13.0 Å². The first-order valence-electron chi connectivity index (χ1n) is 10.1. The van der Waals surface area contributed by atoms with Crippen LogP contribution in [0.4, 0.5) is 0 Å². The molecule has 0 spiro atoms. The minimum atomic E-state index is -0.383. The summed E-state index contributed by atoms with van der Waals surface area (Å²) < 4.78 is 0. The van der Waals surface area contributed by atoms with Gasteiger partial charge in [0.2, 0.25) is 0 Å². The summed E-state index contributed by atoms with van der Waals surface area (Å²) in [4.78, 5) is 0. The van der Waals surface area contributed by atoms with E-state index in [9.17, 15) is 0 Å². The van der Waals surface area contributed by atoms with Crippen molar-refractivity contribution in [1.29, 1.82) is 0 Å². The summed E-state index contributed by atoms with van der Waals surface area (Å²) >= 11 is 0. The molecule has 1 unspecified atom stereocenters. The lowest BCUT2D eigenvalue weighted by atomic mass is 9.76. The molecule has 2 heteroatoms. The van der Waals surface area contributed by atoms with E-state index in [1.807, 2.05) is 0 Å². The van der Waals surface area contributed by atoms with Gasteiger partial charge in [-0.2, -0.15) is 0 Å². The van der Waals surface area contributed by atoms with Crippen molar-refractivity contribution in [2.75, 3.05) is 6.54 Å². The summed E-state index contributed by atoms with van der Waals surface area (Å²) in [6, 6.07) is 32.5. The number of rotatable bonds is 5. The van der Waals surface area contributed by atoms with Gasteiger partial charge in [0.05, 0.1) is 11.7 Å². The highest BCUT2D eigenvalue weighted by atomic mass is 15.2. The lowest BCUT2D eigenvalue weighted by Crippen LogP contribution is -2.54. The van der Waals surface area contributed by atoms with Crippen molar-refractivity contribution in [1.82, 2.24) is 10.6 Å². The smallest absolute Gasteiger partial charge is 0.0959 e. The molecular formula is C25H28N2. The van der Waals surface area contributed by atoms with Crippen LogP contribution in [0.5, 0.6) is 0 Å². The average Bonchev–Trinajstić information content (AvgIpc) is 3.02. The molecule has 1 heterocycles. The summed E-state index contributed by atoms with van der Waals surface area (Å²) in [5, 5.41) is 7.78. The van der Waals surface area contributed by atoms with Crippen molar-refractivity contribution in [2.45, 2.75) is 37.4 Å². The molecular weight excluding hydrogens is 328 g/mol. The molecule has 4 rings (SSSR count). The largest absolute Gasteiger partial charge is 0.302 e. The molecule has 0 bridgehead atoms. The predicted octanol–water partition coefficient (Wildman–Crippen LogP) is 5.06. The highest BCUT2D eigenvalue weighted by Gasteiger charge is 2.37. The van der Waals surface area contributed by atoms with Gasteiger partial charge < -0.3 is 5.32 Å². The van der Waals surface area contributed by atoms with Gasteiger partial charge in [-0.15, -0.1) is 0 Å². The third-order valence-electron chi connectivity index (χ3n) is 5.57. The van der Waals surface area contributed by atoms with Crippen LogP contribution in [0.3, 0.4) is 0 Å². The minimum Gasteiger partial charge on any atom is -0.302 e. The van der Waals surface area contributed by atoms with Gasteiger partial charge in [0, 0.05) is 0 Å². The second kappa shape index (κ2) is 8.51. The van der Waals surface area contributed by atoms with Gasteiger partial charge in [-0.3, -0.25) is 5.32 Å². The zero-order valence-corrected chi connectivity index (χ0v) is 15.8. The van der Waals surface area contributed by atoms with Gasteiger partial charge in [-0.05, 0) is 36.1 Å². The summed E-state index contributed by atoms with van der Waals surface area (Å²) in [5.41, 5.74) is 3.43. The highest BCUT2D eigenvalue weighted by molar-refractivity contribution is 5.49. The fraction of sp³-hybridized carbons (Fsp3) is 0.280. The first-order chi connectivity index (χ1) is 13.4. The summed E-state index contributed by atoms with van der Waals surface area (Å²) in [7, 11) is 0. The Labute approximate surface area is 162 Å². The molecule has 1 aliphatic rings. The van der Waals surface area contributed by atoms with Gasteiger partial charge in [-0.1, -0.05) is 104 Å². The second-order valence-corrected chi connectivity index (χ2v) is 7.35. The SMILES string of the molecule is c1ccc(C(NC2CCCCCN2)(c2ccccc2)c2ccccc2)cc1. The third-order valence-corrected chi connectivity index (χ3v) is 5.57. The van der Waals surface area contributed by atoms with Crippen LogP contribution < -0.4 is 10.6 Å². The Morgan fingerprint density at radius 2 is 1.11 bits per heavy atom. The maximum atomic E-state index is 4.05. The lowest BCUT2D eigenvalue weighted by Gasteiger charge is -2.40. The van der Waals surface area contributed by atoms with Crippen molar-refractivity contribution in [3.05, 3.63) is 108 Å². The number of hydrogen-bond donors (Lipinski definition) is 2. The molecule has 0 aliphatic carbocycles. The Morgan fingerprint density at radius 3 is 1.59 bits per heavy atom. The van der Waals surface area contributed by atoms with E-state index >= 15 is 0 Å². The third kappa shape index (κ3) is 3.83. The second-order valence-electron chi connectivity index (χ2n) is 7.35. The lowest BCUT2D eigenvalue weighted by molar-refractivity contribution is 0.335. The van der Waals surface area contributed by atoms with Crippen molar-refractivity contribution in [3.63, 3.8) is 0 Å². The van der Waals surface area contributed by atoms with Crippen LogP contribution in [0.2, 0.25) is 0 Å². The Balaban J connectivity index is 1.88. The molecule has 0 aromatic heterocycles. The van der Waals surface area contributed by atoms with E-state index in [-0.39, 0.29) is 11.7 Å². The van der Waals surface area contributed by atoms with Gasteiger partial charge in [-0.25, -0.2) is 0 Å². The fourth-order valence-corrected chi connectivity index (χ4v) is 4.23. The van der Waals surface area contributed by atoms with Crippen molar-refractivity contribution in [3.8, 4) is 0 Å². The van der Waals surface area contributed by atoms with Crippen LogP contribution in [-0.4, -0.2) is 12.7 Å². The molecule has 0 amide bonds. The van der Waals surface area contributed by atoms with Crippen LogP contribution in [-0.2, 0) is 5.54 Å². The number of hydrogen-bond acceptors (Lipinski definition) is 2. The van der Waals surface area contributed by atoms with Crippen LogP contribution in [0.1, 0.15) is 42.4 Å². The van der Waals surface area contributed by atoms with Crippen molar-refractivity contribution < 1.29 is 0 Å². The Hall–Kier alpha value is -2.42. The standard InChI is InChI=1S/C25H28N2/c1-5-13-21(14-6-1)25(22-15-7-2-8-16-22,23-17-9-3-10-18-23)27-24-19-11-4-12-20-26-24/h1-3,5-10,13-18,24,26-27H,4,11-12,19-20H2. The zero-order valence-electron chi connectivity index (χ0n) is 15.8. The first-order valence-corrected chi connectivity index (χ1v) is 10.1. The van der Waals surface area contributed by atoms with E-state index < -0.39 is 0 Å². The molecule has 3 aromatic rings. The molecule has 3 aromatic carbocycles. The van der Waals surface area contributed by atoms with Crippen molar-refractivity contribution in [2.24, 2.45) is 0 Å².